The van der Waals surface area contributed by atoms with E-state index in [1.54, 1.807) is 33.4 Å². The van der Waals surface area contributed by atoms with Crippen LogP contribution in [-0.2, 0) is 13.0 Å². The zero-order chi connectivity index (χ0) is 18.1. The van der Waals surface area contributed by atoms with Gasteiger partial charge in [0.1, 0.15) is 17.3 Å². The van der Waals surface area contributed by atoms with E-state index in [1.165, 1.54) is 6.07 Å². The second-order valence-electron chi connectivity index (χ2n) is 5.37. The Labute approximate surface area is 147 Å². The van der Waals surface area contributed by atoms with E-state index in [4.69, 9.17) is 9.47 Å². The molecule has 0 spiro atoms. The van der Waals surface area contributed by atoms with Crippen LogP contribution in [0, 0.1) is 5.82 Å². The molecule has 2 aromatic rings. The van der Waals surface area contributed by atoms with Gasteiger partial charge in [0.2, 0.25) is 0 Å². The van der Waals surface area contributed by atoms with E-state index in [0.29, 0.717) is 24.6 Å². The fourth-order valence-corrected chi connectivity index (χ4v) is 2.43. The maximum absolute atomic E-state index is 13.6. The summed E-state index contributed by atoms with van der Waals surface area (Å²) in [4.78, 5) is 4.16. The van der Waals surface area contributed by atoms with E-state index in [1.807, 2.05) is 24.3 Å². The topological polar surface area (TPSA) is 54.9 Å². The molecule has 0 aliphatic rings. The van der Waals surface area contributed by atoms with Gasteiger partial charge in [-0.25, -0.2) is 4.39 Å². The van der Waals surface area contributed by atoms with Crippen molar-refractivity contribution in [2.24, 2.45) is 4.99 Å². The first-order valence-electron chi connectivity index (χ1n) is 8.06. The zero-order valence-electron chi connectivity index (χ0n) is 14.8. The van der Waals surface area contributed by atoms with E-state index in [9.17, 15) is 4.39 Å². The number of aliphatic imine (C=N–C) groups is 1. The van der Waals surface area contributed by atoms with Crippen LogP contribution in [0.1, 0.15) is 11.1 Å². The fraction of sp³-hybridized carbons (Fsp3) is 0.316. The highest BCUT2D eigenvalue weighted by atomic mass is 19.1. The molecule has 0 unspecified atom stereocenters. The molecule has 0 radical (unpaired) electrons. The first-order valence-corrected chi connectivity index (χ1v) is 8.06. The molecule has 0 saturated heterocycles. The average Bonchev–Trinajstić information content (AvgIpc) is 2.65. The minimum Gasteiger partial charge on any atom is -0.497 e. The van der Waals surface area contributed by atoms with Crippen molar-refractivity contribution in [2.75, 3.05) is 27.8 Å². The highest BCUT2D eigenvalue weighted by molar-refractivity contribution is 5.79. The van der Waals surface area contributed by atoms with Crippen molar-refractivity contribution >= 4 is 5.96 Å². The number of hydrogen-bond acceptors (Lipinski definition) is 3. The van der Waals surface area contributed by atoms with Gasteiger partial charge in [-0.2, -0.15) is 0 Å². The lowest BCUT2D eigenvalue weighted by Gasteiger charge is -2.14. The standard InChI is InChI=1S/C19H24FN3O2/c1-21-19(23-13-15-6-4-5-7-17(15)20)22-11-10-14-12-16(24-2)8-9-18(14)25-3/h4-9,12H,10-11,13H2,1-3H3,(H2,21,22,23). The van der Waals surface area contributed by atoms with Crippen LogP contribution in [0.15, 0.2) is 47.5 Å². The largest absolute Gasteiger partial charge is 0.497 e. The quantitative estimate of drug-likeness (QED) is 0.598. The molecule has 0 amide bonds. The lowest BCUT2D eigenvalue weighted by molar-refractivity contribution is 0.398. The van der Waals surface area contributed by atoms with Crippen molar-refractivity contribution in [1.82, 2.24) is 10.6 Å². The van der Waals surface area contributed by atoms with Crippen molar-refractivity contribution in [3.63, 3.8) is 0 Å². The van der Waals surface area contributed by atoms with Crippen molar-refractivity contribution < 1.29 is 13.9 Å². The van der Waals surface area contributed by atoms with Crippen LogP contribution in [0.25, 0.3) is 0 Å². The Morgan fingerprint density at radius 2 is 1.84 bits per heavy atom. The van der Waals surface area contributed by atoms with E-state index in [-0.39, 0.29) is 5.82 Å². The number of nitrogens with zero attached hydrogens (tertiary/aromatic N) is 1. The van der Waals surface area contributed by atoms with Crippen molar-refractivity contribution in [2.45, 2.75) is 13.0 Å². The molecule has 0 heterocycles. The van der Waals surface area contributed by atoms with Gasteiger partial charge in [0.15, 0.2) is 5.96 Å². The summed E-state index contributed by atoms with van der Waals surface area (Å²) < 4.78 is 24.3. The van der Waals surface area contributed by atoms with Gasteiger partial charge >= 0.3 is 0 Å². The van der Waals surface area contributed by atoms with E-state index in [0.717, 1.165) is 23.5 Å². The molecular formula is C19H24FN3O2. The fourth-order valence-electron chi connectivity index (χ4n) is 2.43. The summed E-state index contributed by atoms with van der Waals surface area (Å²) in [6.07, 6.45) is 0.737. The highest BCUT2D eigenvalue weighted by Gasteiger charge is 2.06. The van der Waals surface area contributed by atoms with Crippen LogP contribution >= 0.6 is 0 Å². The summed E-state index contributed by atoms with van der Waals surface area (Å²) in [5, 5.41) is 6.32. The molecule has 5 nitrogen and oxygen atoms in total. The van der Waals surface area contributed by atoms with Crippen LogP contribution in [0.3, 0.4) is 0 Å². The molecule has 2 N–H and O–H groups in total. The Morgan fingerprint density at radius 3 is 2.52 bits per heavy atom. The number of nitrogens with one attached hydrogen (secondary N) is 2. The molecule has 0 aliphatic heterocycles. The Hall–Kier alpha value is -2.76. The van der Waals surface area contributed by atoms with Gasteiger partial charge in [-0.1, -0.05) is 18.2 Å². The third-order valence-corrected chi connectivity index (χ3v) is 3.80. The summed E-state index contributed by atoms with van der Waals surface area (Å²) in [5.74, 6) is 1.99. The lowest BCUT2D eigenvalue weighted by Crippen LogP contribution is -2.38. The predicted octanol–water partition coefficient (Wildman–Crippen LogP) is 2.75. The van der Waals surface area contributed by atoms with Gasteiger partial charge in [-0.05, 0) is 36.2 Å². The molecule has 2 aromatic carbocycles. The van der Waals surface area contributed by atoms with Crippen LogP contribution in [0.5, 0.6) is 11.5 Å². The van der Waals surface area contributed by atoms with Gasteiger partial charge in [0.05, 0.1) is 14.2 Å². The number of halogens is 1. The molecule has 0 aromatic heterocycles. The van der Waals surface area contributed by atoms with Crippen molar-refractivity contribution in [1.29, 1.82) is 0 Å². The second kappa shape index (κ2) is 9.52. The molecule has 0 bridgehead atoms. The number of ether oxygens (including phenoxy) is 2. The number of guanidine groups is 1. The predicted molar refractivity (Wildman–Crippen MR) is 97.9 cm³/mol. The normalized spacial score (nSPS) is 11.1. The second-order valence-corrected chi connectivity index (χ2v) is 5.37. The Morgan fingerprint density at radius 1 is 1.04 bits per heavy atom. The van der Waals surface area contributed by atoms with Crippen LogP contribution in [-0.4, -0.2) is 33.8 Å². The van der Waals surface area contributed by atoms with Crippen molar-refractivity contribution in [3.8, 4) is 11.5 Å². The number of hydrogen-bond donors (Lipinski definition) is 2. The third-order valence-electron chi connectivity index (χ3n) is 3.80. The molecule has 2 rings (SSSR count). The van der Waals surface area contributed by atoms with Gasteiger partial charge in [0.25, 0.3) is 0 Å². The molecule has 0 saturated carbocycles. The van der Waals surface area contributed by atoms with E-state index < -0.39 is 0 Å². The third kappa shape index (κ3) is 5.38. The van der Waals surface area contributed by atoms with Gasteiger partial charge in [-0.3, -0.25) is 4.99 Å². The maximum atomic E-state index is 13.6. The SMILES string of the molecule is CN=C(NCCc1cc(OC)ccc1OC)NCc1ccccc1F. The number of benzene rings is 2. The van der Waals surface area contributed by atoms with Crippen LogP contribution in [0.2, 0.25) is 0 Å². The average molecular weight is 345 g/mol. The molecule has 0 atom stereocenters. The Bertz CT molecular complexity index is 720. The lowest BCUT2D eigenvalue weighted by atomic mass is 10.1. The summed E-state index contributed by atoms with van der Waals surface area (Å²) in [6, 6.07) is 12.4. The number of methoxy groups -OCH3 is 2. The molecular weight excluding hydrogens is 321 g/mol. The van der Waals surface area contributed by atoms with Gasteiger partial charge in [-0.15, -0.1) is 0 Å². The summed E-state index contributed by atoms with van der Waals surface area (Å²) in [5.41, 5.74) is 1.64. The van der Waals surface area contributed by atoms with Gasteiger partial charge in [0, 0.05) is 25.7 Å². The minimum absolute atomic E-state index is 0.230. The molecule has 134 valence electrons. The summed E-state index contributed by atoms with van der Waals surface area (Å²) in [6.45, 7) is 1.02. The summed E-state index contributed by atoms with van der Waals surface area (Å²) in [7, 11) is 4.97. The Kier molecular flexibility index (Phi) is 7.07. The summed E-state index contributed by atoms with van der Waals surface area (Å²) >= 11 is 0. The maximum Gasteiger partial charge on any atom is 0.191 e. The minimum atomic E-state index is -0.230. The van der Waals surface area contributed by atoms with Crippen LogP contribution < -0.4 is 20.1 Å². The molecule has 6 heteroatoms. The first kappa shape index (κ1) is 18.6. The number of rotatable bonds is 7. The molecule has 0 fully saturated rings. The van der Waals surface area contributed by atoms with E-state index >= 15 is 0 Å². The monoisotopic (exact) mass is 345 g/mol. The van der Waals surface area contributed by atoms with Crippen LogP contribution in [0.4, 0.5) is 4.39 Å². The molecule has 0 aliphatic carbocycles. The first-order chi connectivity index (χ1) is 12.2. The van der Waals surface area contributed by atoms with Crippen molar-refractivity contribution in [3.05, 3.63) is 59.4 Å². The Balaban J connectivity index is 1.88. The smallest absolute Gasteiger partial charge is 0.191 e. The highest BCUT2D eigenvalue weighted by Crippen LogP contribution is 2.24. The zero-order valence-corrected chi connectivity index (χ0v) is 14.8. The molecule has 25 heavy (non-hydrogen) atoms. The van der Waals surface area contributed by atoms with E-state index in [2.05, 4.69) is 15.6 Å². The van der Waals surface area contributed by atoms with Gasteiger partial charge < -0.3 is 20.1 Å².